The quantitative estimate of drug-likeness (QED) is 0.191. The molecule has 254 valence electrons. The maximum atomic E-state index is 14.4. The van der Waals surface area contributed by atoms with E-state index in [1.807, 2.05) is 0 Å². The molecular formula is C39H58N2O5. The van der Waals surface area contributed by atoms with Gasteiger partial charge in [0, 0.05) is 13.1 Å². The van der Waals surface area contributed by atoms with E-state index in [-0.39, 0.29) is 75.3 Å². The van der Waals surface area contributed by atoms with Crippen molar-refractivity contribution < 1.29 is 24.9 Å². The molecule has 2 amide bonds. The first-order valence-electron chi connectivity index (χ1n) is 17.9. The molecule has 1 aromatic rings. The van der Waals surface area contributed by atoms with Crippen molar-refractivity contribution in [1.82, 2.24) is 10.6 Å². The topological polar surface area (TPSA) is 119 Å². The summed E-state index contributed by atoms with van der Waals surface area (Å²) in [5.74, 6) is 0.300. The zero-order chi connectivity index (χ0) is 33.5. The zero-order valence-corrected chi connectivity index (χ0v) is 29.2. The molecule has 0 aliphatic heterocycles. The number of aliphatic hydroxyl groups excluding tert-OH is 2. The molecule has 5 aliphatic rings. The fourth-order valence-electron chi connectivity index (χ4n) is 12.0. The van der Waals surface area contributed by atoms with Gasteiger partial charge < -0.3 is 26.0 Å². The number of aromatic hydroxyl groups is 1. The number of hydrogen-bond acceptors (Lipinski definition) is 5. The number of carbonyl (C=O) groups excluding carboxylic acids is 2. The summed E-state index contributed by atoms with van der Waals surface area (Å²) in [6.45, 7) is 17.0. The molecule has 46 heavy (non-hydrogen) atoms. The monoisotopic (exact) mass is 634 g/mol. The van der Waals surface area contributed by atoms with Gasteiger partial charge in [-0.1, -0.05) is 72.2 Å². The van der Waals surface area contributed by atoms with Crippen LogP contribution in [-0.2, 0) is 4.79 Å². The number of benzene rings is 1. The van der Waals surface area contributed by atoms with Crippen LogP contribution in [0.5, 0.6) is 5.75 Å². The van der Waals surface area contributed by atoms with E-state index in [2.05, 4.69) is 65.2 Å². The van der Waals surface area contributed by atoms with E-state index >= 15 is 0 Å². The Labute approximate surface area is 276 Å². The predicted octanol–water partition coefficient (Wildman–Crippen LogP) is 6.37. The maximum Gasteiger partial charge on any atom is 0.255 e. The Morgan fingerprint density at radius 1 is 0.826 bits per heavy atom. The molecule has 7 heteroatoms. The lowest BCUT2D eigenvalue weighted by Gasteiger charge is -2.71. The second kappa shape index (κ2) is 11.1. The van der Waals surface area contributed by atoms with Crippen molar-refractivity contribution in [1.29, 1.82) is 0 Å². The summed E-state index contributed by atoms with van der Waals surface area (Å²) in [5, 5.41) is 39.3. The zero-order valence-electron chi connectivity index (χ0n) is 29.2. The lowest BCUT2D eigenvalue weighted by molar-refractivity contribution is -0.215. The van der Waals surface area contributed by atoms with Gasteiger partial charge in [-0.2, -0.15) is 0 Å². The third kappa shape index (κ3) is 4.72. The van der Waals surface area contributed by atoms with E-state index in [1.165, 1.54) is 11.6 Å². The van der Waals surface area contributed by atoms with Crippen molar-refractivity contribution in [3.63, 3.8) is 0 Å². The van der Waals surface area contributed by atoms with Crippen LogP contribution in [0.2, 0.25) is 0 Å². The Morgan fingerprint density at radius 3 is 2.24 bits per heavy atom. The number of para-hydroxylation sites is 1. The van der Waals surface area contributed by atoms with Gasteiger partial charge in [0.1, 0.15) is 5.75 Å². The molecule has 0 heterocycles. The number of fused-ring (bicyclic) bond motifs is 7. The Kier molecular flexibility index (Phi) is 8.08. The van der Waals surface area contributed by atoms with Gasteiger partial charge in [0.25, 0.3) is 5.91 Å². The van der Waals surface area contributed by atoms with Crippen LogP contribution >= 0.6 is 0 Å². The highest BCUT2D eigenvalue weighted by Crippen LogP contribution is 2.75. The van der Waals surface area contributed by atoms with Crippen LogP contribution in [0.3, 0.4) is 0 Å². The van der Waals surface area contributed by atoms with Crippen molar-refractivity contribution in [2.45, 2.75) is 118 Å². The summed E-state index contributed by atoms with van der Waals surface area (Å²) >= 11 is 0. The molecule has 1 aromatic carbocycles. The molecule has 0 unspecified atom stereocenters. The molecule has 9 atom stereocenters. The van der Waals surface area contributed by atoms with Gasteiger partial charge in [-0.25, -0.2) is 0 Å². The number of allylic oxidation sites excluding steroid dienone is 2. The number of nitrogens with one attached hydrogen (secondary N) is 2. The number of phenols is 1. The second-order valence-corrected chi connectivity index (χ2v) is 17.9. The summed E-state index contributed by atoms with van der Waals surface area (Å²) in [5.41, 5.74) is 0.515. The number of hydrogen-bond donors (Lipinski definition) is 5. The fourth-order valence-corrected chi connectivity index (χ4v) is 12.0. The molecule has 0 spiro atoms. The lowest BCUT2D eigenvalue weighted by Crippen LogP contribution is -2.68. The highest BCUT2D eigenvalue weighted by molar-refractivity contribution is 5.96. The van der Waals surface area contributed by atoms with Crippen LogP contribution in [0.1, 0.15) is 117 Å². The van der Waals surface area contributed by atoms with Crippen LogP contribution in [0.15, 0.2) is 35.9 Å². The third-order valence-electron chi connectivity index (χ3n) is 14.9. The standard InChI is InChI=1S/C39H58N2O5/c1-34(2)18-19-39(33(46)41-21-20-40-32(45)24-10-8-9-11-27(24)42)26(22-34)25-12-13-29-36(5)16-15-30(43)35(3,4)28(36)14-17-37(29,6)38(25,7)23-31(39)44/h8-12,26,28-31,42-44H,13-23H2,1-7H3,(H,40,45)(H,41,46)/t26-,28-,29+,30-,31+,36-,37+,38+,39+/m0/s1. The number of rotatable bonds is 5. The Morgan fingerprint density at radius 2 is 1.52 bits per heavy atom. The average Bonchev–Trinajstić information content (AvgIpc) is 2.97. The number of phenolic OH excluding ortho intramolecular Hbond substituents is 1. The van der Waals surface area contributed by atoms with Crippen molar-refractivity contribution in [3.8, 4) is 5.75 Å². The van der Waals surface area contributed by atoms with Crippen LogP contribution in [-0.4, -0.2) is 52.4 Å². The van der Waals surface area contributed by atoms with E-state index < -0.39 is 11.5 Å². The predicted molar refractivity (Wildman–Crippen MR) is 180 cm³/mol. The minimum absolute atomic E-state index is 0.0147. The molecule has 5 N–H and O–H groups in total. The van der Waals surface area contributed by atoms with Gasteiger partial charge in [-0.05, 0) is 115 Å². The first-order valence-corrected chi connectivity index (χ1v) is 17.9. The molecule has 0 bridgehead atoms. The average molecular weight is 635 g/mol. The minimum atomic E-state index is -0.899. The lowest BCUT2D eigenvalue weighted by atomic mass is 9.33. The number of aliphatic hydroxyl groups is 2. The molecule has 4 fully saturated rings. The van der Waals surface area contributed by atoms with Gasteiger partial charge in [-0.15, -0.1) is 0 Å². The molecular weight excluding hydrogens is 576 g/mol. The van der Waals surface area contributed by atoms with E-state index in [0.717, 1.165) is 44.9 Å². The largest absolute Gasteiger partial charge is 0.507 e. The molecule has 5 aliphatic carbocycles. The van der Waals surface area contributed by atoms with Crippen molar-refractivity contribution in [2.75, 3.05) is 13.1 Å². The molecule has 7 nitrogen and oxygen atoms in total. The fraction of sp³-hybridized carbons (Fsp3) is 0.744. The smallest absolute Gasteiger partial charge is 0.255 e. The Hall–Kier alpha value is -2.38. The van der Waals surface area contributed by atoms with E-state index in [0.29, 0.717) is 24.7 Å². The van der Waals surface area contributed by atoms with Crippen LogP contribution in [0, 0.1) is 50.2 Å². The summed E-state index contributed by atoms with van der Waals surface area (Å²) in [7, 11) is 0. The normalized spacial score (nSPS) is 42.3. The molecule has 0 aromatic heterocycles. The molecule has 0 radical (unpaired) electrons. The SMILES string of the molecule is CC1(C)CC[C@]2(C(=O)NCCNC(=O)c3ccccc3O)[C@H](O)C[C@]3(C)C(=CC[C@@H]4[C@@]5(C)CC[C@H](O)C(C)(C)[C@@H]5CC[C@]43C)[C@@H]2C1. The first kappa shape index (κ1) is 33.5. The van der Waals surface area contributed by atoms with Gasteiger partial charge >= 0.3 is 0 Å². The Bertz CT molecular complexity index is 1420. The highest BCUT2D eigenvalue weighted by atomic mass is 16.3. The summed E-state index contributed by atoms with van der Waals surface area (Å²) < 4.78 is 0. The molecule has 6 rings (SSSR count). The third-order valence-corrected chi connectivity index (χ3v) is 14.9. The molecule has 4 saturated carbocycles. The van der Waals surface area contributed by atoms with Gasteiger partial charge in [0.05, 0.1) is 23.2 Å². The summed E-state index contributed by atoms with van der Waals surface area (Å²) in [6.07, 6.45) is 9.45. The molecule has 0 saturated heterocycles. The second-order valence-electron chi connectivity index (χ2n) is 17.9. The van der Waals surface area contributed by atoms with E-state index in [9.17, 15) is 24.9 Å². The first-order chi connectivity index (χ1) is 21.4. The van der Waals surface area contributed by atoms with Crippen LogP contribution in [0.4, 0.5) is 0 Å². The van der Waals surface area contributed by atoms with E-state index in [4.69, 9.17) is 0 Å². The Balaban J connectivity index is 1.28. The van der Waals surface area contributed by atoms with E-state index in [1.54, 1.807) is 18.2 Å². The summed E-state index contributed by atoms with van der Waals surface area (Å²) in [4.78, 5) is 27.0. The van der Waals surface area contributed by atoms with Crippen molar-refractivity contribution in [3.05, 3.63) is 41.5 Å². The van der Waals surface area contributed by atoms with Crippen molar-refractivity contribution in [2.24, 2.45) is 50.2 Å². The maximum absolute atomic E-state index is 14.4. The van der Waals surface area contributed by atoms with Crippen LogP contribution in [0.25, 0.3) is 0 Å². The van der Waals surface area contributed by atoms with Gasteiger partial charge in [0.15, 0.2) is 0 Å². The number of amides is 2. The van der Waals surface area contributed by atoms with Gasteiger partial charge in [0.2, 0.25) is 5.91 Å². The summed E-state index contributed by atoms with van der Waals surface area (Å²) in [6, 6.07) is 6.42. The minimum Gasteiger partial charge on any atom is -0.507 e. The van der Waals surface area contributed by atoms with Crippen molar-refractivity contribution >= 4 is 11.8 Å². The highest BCUT2D eigenvalue weighted by Gasteiger charge is 2.71. The van der Waals surface area contributed by atoms with Gasteiger partial charge in [-0.3, -0.25) is 9.59 Å². The number of carbonyl (C=O) groups is 2. The van der Waals surface area contributed by atoms with Crippen LogP contribution < -0.4 is 10.6 Å².